The first-order valence-corrected chi connectivity index (χ1v) is 21.6. The molecule has 9 nitrogen and oxygen atoms in total. The summed E-state index contributed by atoms with van der Waals surface area (Å²) in [5, 5.41) is 18.6. The van der Waals surface area contributed by atoms with Crippen molar-refractivity contribution >= 4 is 13.7 Å². The number of amides is 1. The highest BCUT2D eigenvalue weighted by Gasteiger charge is 2.28. The number of nitrogens with one attached hydrogen (secondary N) is 1. The van der Waals surface area contributed by atoms with E-state index in [0.29, 0.717) is 17.4 Å². The van der Waals surface area contributed by atoms with Gasteiger partial charge in [-0.05, 0) is 19.3 Å². The van der Waals surface area contributed by atoms with E-state index in [1.807, 2.05) is 27.2 Å². The van der Waals surface area contributed by atoms with Crippen LogP contribution in [0.4, 0.5) is 0 Å². The first kappa shape index (κ1) is 46.2. The summed E-state index contributed by atoms with van der Waals surface area (Å²) in [5.74, 6) is -0.407. The lowest BCUT2D eigenvalue weighted by Gasteiger charge is -2.25. The third-order valence-corrected chi connectivity index (χ3v) is 10.0. The van der Waals surface area contributed by atoms with Gasteiger partial charge in [-0.2, -0.15) is 0 Å². The second-order valence-electron chi connectivity index (χ2n) is 15.2. The number of quaternary nitrogens is 1. The number of hydrogen-bond acceptors (Lipinski definition) is 6. The van der Waals surface area contributed by atoms with E-state index in [2.05, 4.69) is 19.2 Å². The molecule has 0 heterocycles. The van der Waals surface area contributed by atoms with E-state index in [1.54, 1.807) is 6.08 Å². The molecule has 2 unspecified atom stereocenters. The molecule has 0 aromatic heterocycles. The number of carbonyl (C=O) groups is 1. The molecule has 0 aromatic rings. The highest BCUT2D eigenvalue weighted by atomic mass is 31.2. The fourth-order valence-electron chi connectivity index (χ4n) is 5.77. The minimum atomic E-state index is -4.40. The van der Waals surface area contributed by atoms with Crippen molar-refractivity contribution < 1.29 is 38.0 Å². The van der Waals surface area contributed by atoms with E-state index in [9.17, 15) is 19.4 Å². The first-order valence-electron chi connectivity index (χ1n) is 20.5. The van der Waals surface area contributed by atoms with Crippen molar-refractivity contribution in [2.24, 2.45) is 0 Å². The van der Waals surface area contributed by atoms with Gasteiger partial charge in [0, 0.05) is 0 Å². The number of likely N-dealkylation sites (N-methyl/N-ethyl adjacent to an activating group) is 1. The Morgan fingerprint density at radius 2 is 1.24 bits per heavy atom. The Kier molecular flexibility index (Phi) is 30.1. The Hall–Kier alpha value is -0.800. The minimum Gasteiger partial charge on any atom is -0.393 e. The van der Waals surface area contributed by atoms with E-state index >= 15 is 0 Å². The Morgan fingerprint density at radius 3 is 1.71 bits per heavy atom. The van der Waals surface area contributed by atoms with Gasteiger partial charge >= 0.3 is 7.82 Å². The summed E-state index contributed by atoms with van der Waals surface area (Å²) in [7, 11) is 1.44. The zero-order valence-electron chi connectivity index (χ0n) is 33.5. The van der Waals surface area contributed by atoms with Gasteiger partial charge in [-0.1, -0.05) is 161 Å². The monoisotopic (exact) mass is 721 g/mol. The van der Waals surface area contributed by atoms with E-state index in [1.165, 1.54) is 109 Å². The SMILES string of the molecule is [2H]OC(CCCCCCCCCCCCC)CC(=O)N[C@@H](COP(=O)(O)OCC[N+](C)(C)C)[C@H](O)/C=C/CCCCCCCCCCCCC. The molecule has 49 heavy (non-hydrogen) atoms. The van der Waals surface area contributed by atoms with Crippen molar-refractivity contribution in [1.82, 2.24) is 5.32 Å². The van der Waals surface area contributed by atoms with Crippen molar-refractivity contribution in [3.8, 4) is 0 Å². The van der Waals surface area contributed by atoms with Crippen molar-refractivity contribution in [3.63, 3.8) is 0 Å². The maximum absolute atomic E-state index is 13.0. The van der Waals surface area contributed by atoms with Gasteiger partial charge in [0.1, 0.15) is 13.2 Å². The summed E-state index contributed by atoms with van der Waals surface area (Å²) in [6.45, 7) is 4.61. The number of phosphoric ester groups is 1. The molecule has 0 aliphatic rings. The standard InChI is InChI=1S/C39H79N2O7P/c1-6-8-10-12-14-16-18-19-21-23-25-27-29-31-38(43)37(35-48-49(45,46)47-33-32-41(3,4)5)40-39(44)34-36(42)30-28-26-24-22-20-17-15-13-11-9-7-2/h29,31,36-38,42-43H,6-28,30,32-35H2,1-5H3,(H-,40,44,45,46)/p+1/b31-29+/t36?,37-,38+/m0/s1/i42D. The molecule has 0 bridgehead atoms. The molecule has 292 valence electrons. The summed E-state index contributed by atoms with van der Waals surface area (Å²) in [4.78, 5) is 23.2. The van der Waals surface area contributed by atoms with Crippen molar-refractivity contribution in [2.75, 3.05) is 40.9 Å². The number of hydrogen-bond donors (Lipinski definition) is 4. The lowest BCUT2D eigenvalue weighted by Crippen LogP contribution is -2.46. The Balaban J connectivity index is 4.75. The molecular weight excluding hydrogens is 639 g/mol. The highest BCUT2D eigenvalue weighted by molar-refractivity contribution is 7.47. The second kappa shape index (κ2) is 31.9. The fourth-order valence-corrected chi connectivity index (χ4v) is 6.51. The van der Waals surface area contributed by atoms with Crippen LogP contribution in [0.15, 0.2) is 12.2 Å². The van der Waals surface area contributed by atoms with E-state index in [0.717, 1.165) is 38.5 Å². The Labute approximate surface area is 303 Å². The molecule has 1 amide bonds. The number of allylic oxidation sites excluding steroid dienone is 1. The summed E-state index contributed by atoms with van der Waals surface area (Å²) in [6.07, 6.45) is 30.5. The topological polar surface area (TPSA) is 125 Å². The Morgan fingerprint density at radius 1 is 0.776 bits per heavy atom. The van der Waals surface area contributed by atoms with Crippen molar-refractivity contribution in [3.05, 3.63) is 12.2 Å². The zero-order valence-corrected chi connectivity index (χ0v) is 33.4. The number of unbranched alkanes of at least 4 members (excludes halogenated alkanes) is 21. The van der Waals surface area contributed by atoms with Gasteiger partial charge in [0.25, 0.3) is 0 Å². The predicted octanol–water partition coefficient (Wildman–Crippen LogP) is 9.38. The van der Waals surface area contributed by atoms with E-state index in [-0.39, 0.29) is 13.0 Å². The van der Waals surface area contributed by atoms with Gasteiger partial charge in [-0.3, -0.25) is 13.8 Å². The third kappa shape index (κ3) is 34.1. The number of aliphatic hydroxyl groups is 2. The maximum atomic E-state index is 13.0. The molecule has 0 aliphatic carbocycles. The van der Waals surface area contributed by atoms with Crippen LogP contribution in [0.1, 0.15) is 174 Å². The number of rotatable bonds is 37. The van der Waals surface area contributed by atoms with Gasteiger partial charge in [0.15, 0.2) is 0 Å². The summed E-state index contributed by atoms with van der Waals surface area (Å²) in [6, 6.07) is -0.966. The molecule has 0 fully saturated rings. The third-order valence-electron chi connectivity index (χ3n) is 9.04. The maximum Gasteiger partial charge on any atom is 0.472 e. The van der Waals surface area contributed by atoms with Crippen LogP contribution in [0.5, 0.6) is 0 Å². The van der Waals surface area contributed by atoms with Crippen LogP contribution < -0.4 is 5.32 Å². The summed E-state index contributed by atoms with van der Waals surface area (Å²) < 4.78 is 31.0. The molecule has 0 saturated carbocycles. The van der Waals surface area contributed by atoms with E-state index < -0.39 is 38.6 Å². The normalized spacial score (nSPS) is 15.6. The van der Waals surface area contributed by atoms with Crippen LogP contribution in [0, 0.1) is 0 Å². The lowest BCUT2D eigenvalue weighted by atomic mass is 10.0. The lowest BCUT2D eigenvalue weighted by molar-refractivity contribution is -0.870. The van der Waals surface area contributed by atoms with Gasteiger partial charge in [0.05, 0.1) is 52.4 Å². The molecule has 0 aromatic carbocycles. The van der Waals surface area contributed by atoms with Crippen LogP contribution in [-0.2, 0) is 18.4 Å². The first-order chi connectivity index (χ1) is 23.9. The summed E-state index contributed by atoms with van der Waals surface area (Å²) in [5.41, 5.74) is 0. The molecule has 0 radical (unpaired) electrons. The van der Waals surface area contributed by atoms with Crippen LogP contribution in [0.25, 0.3) is 0 Å². The van der Waals surface area contributed by atoms with Gasteiger partial charge in [-0.15, -0.1) is 0 Å². The molecule has 4 N–H and O–H groups in total. The van der Waals surface area contributed by atoms with Crippen molar-refractivity contribution in [2.45, 2.75) is 193 Å². The van der Waals surface area contributed by atoms with Gasteiger partial charge in [0.2, 0.25) is 7.34 Å². The average molecular weight is 721 g/mol. The smallest absolute Gasteiger partial charge is 0.393 e. The fraction of sp³-hybridized carbons (Fsp3) is 0.923. The number of aliphatic hydroxyl groups excluding tert-OH is 2. The van der Waals surface area contributed by atoms with Gasteiger partial charge < -0.3 is 24.9 Å². The second-order valence-corrected chi connectivity index (χ2v) is 16.6. The number of nitrogens with zero attached hydrogens (tertiary/aromatic N) is 1. The molecule has 0 spiro atoms. The van der Waals surface area contributed by atoms with Gasteiger partial charge in [-0.25, -0.2) is 4.57 Å². The van der Waals surface area contributed by atoms with Crippen LogP contribution in [0.2, 0.25) is 0 Å². The molecule has 4 atom stereocenters. The van der Waals surface area contributed by atoms with Crippen LogP contribution >= 0.6 is 7.82 Å². The minimum absolute atomic E-state index is 0.0251. The molecule has 0 aliphatic heterocycles. The van der Waals surface area contributed by atoms with E-state index in [4.69, 9.17) is 15.6 Å². The zero-order chi connectivity index (χ0) is 37.4. The molecular formula is C39H80N2O7P+. The molecule has 10 heteroatoms. The van der Waals surface area contributed by atoms with Crippen LogP contribution in [0.3, 0.4) is 0 Å². The number of phosphoric acid groups is 1. The predicted molar refractivity (Wildman–Crippen MR) is 204 cm³/mol. The molecule has 0 rings (SSSR count). The Bertz CT molecular complexity index is 859. The average Bonchev–Trinajstić information content (AvgIpc) is 3.06. The largest absolute Gasteiger partial charge is 0.472 e. The highest BCUT2D eigenvalue weighted by Crippen LogP contribution is 2.43. The quantitative estimate of drug-likeness (QED) is 0.0218. The molecule has 0 saturated heterocycles. The summed E-state index contributed by atoms with van der Waals surface area (Å²) >= 11 is 0. The van der Waals surface area contributed by atoms with Crippen molar-refractivity contribution in [1.29, 1.82) is 1.43 Å². The van der Waals surface area contributed by atoms with Crippen LogP contribution in [-0.4, -0.2) is 86.1 Å². The number of carbonyl (C=O) groups excluding carboxylic acids is 1.